The number of nitrogens with one attached hydrogen (secondary N) is 1. The molecule has 1 atom stereocenters. The molecule has 0 spiro atoms. The first kappa shape index (κ1) is 9.93. The Morgan fingerprint density at radius 3 is 2.77 bits per heavy atom. The number of hydrazine groups is 1. The third kappa shape index (κ3) is 1.95. The third-order valence-electron chi connectivity index (χ3n) is 1.58. The molecule has 0 aromatic heterocycles. The average molecular weight is 200 g/mol. The number of nitrogens with two attached hydrogens (primary N) is 1. The van der Waals surface area contributed by atoms with Gasteiger partial charge in [0, 0.05) is 10.6 Å². The minimum Gasteiger partial charge on any atom is -0.270 e. The molecule has 13 heavy (non-hydrogen) atoms. The van der Waals surface area contributed by atoms with Gasteiger partial charge in [-0.25, -0.2) is 9.82 Å². The fourth-order valence-electron chi connectivity index (χ4n) is 0.972. The van der Waals surface area contributed by atoms with Crippen molar-refractivity contribution >= 4 is 11.6 Å². The molecule has 1 aromatic carbocycles. The molecule has 0 heterocycles. The lowest BCUT2D eigenvalue weighted by molar-refractivity contribution is 0.572. The highest BCUT2D eigenvalue weighted by atomic mass is 35.5. The van der Waals surface area contributed by atoms with Crippen molar-refractivity contribution in [2.24, 2.45) is 5.84 Å². The normalized spacial score (nSPS) is 12.2. The Morgan fingerprint density at radius 1 is 1.62 bits per heavy atom. The van der Waals surface area contributed by atoms with Crippen molar-refractivity contribution in [1.29, 1.82) is 5.26 Å². The molecule has 0 aliphatic heterocycles. The summed E-state index contributed by atoms with van der Waals surface area (Å²) in [4.78, 5) is 0. The Morgan fingerprint density at radius 2 is 2.31 bits per heavy atom. The highest BCUT2D eigenvalue weighted by Gasteiger charge is 2.16. The number of halogens is 2. The predicted molar refractivity (Wildman–Crippen MR) is 47.1 cm³/mol. The van der Waals surface area contributed by atoms with Crippen LogP contribution in [0.2, 0.25) is 5.02 Å². The maximum atomic E-state index is 13.1. The molecule has 3 N–H and O–H groups in total. The first-order chi connectivity index (χ1) is 6.20. The van der Waals surface area contributed by atoms with Gasteiger partial charge in [-0.05, 0) is 12.1 Å². The van der Waals surface area contributed by atoms with Crippen LogP contribution in [-0.2, 0) is 0 Å². The molecule has 0 bridgehead atoms. The molecule has 0 aliphatic rings. The molecule has 0 fully saturated rings. The number of nitrogens with zero attached hydrogens (tertiary/aromatic N) is 1. The van der Waals surface area contributed by atoms with Crippen LogP contribution >= 0.6 is 11.6 Å². The number of hydrogen-bond donors (Lipinski definition) is 2. The summed E-state index contributed by atoms with van der Waals surface area (Å²) in [7, 11) is 0. The lowest BCUT2D eigenvalue weighted by atomic mass is 10.1. The number of rotatable bonds is 2. The Balaban J connectivity index is 3.20. The zero-order chi connectivity index (χ0) is 9.84. The van der Waals surface area contributed by atoms with Crippen molar-refractivity contribution in [2.45, 2.75) is 6.04 Å². The van der Waals surface area contributed by atoms with Crippen molar-refractivity contribution in [1.82, 2.24) is 5.43 Å². The number of benzene rings is 1. The first-order valence-electron chi connectivity index (χ1n) is 3.50. The molecule has 1 rings (SSSR count). The van der Waals surface area contributed by atoms with Gasteiger partial charge in [-0.15, -0.1) is 0 Å². The van der Waals surface area contributed by atoms with E-state index < -0.39 is 11.9 Å². The lowest BCUT2D eigenvalue weighted by Crippen LogP contribution is -2.27. The summed E-state index contributed by atoms with van der Waals surface area (Å²) in [5, 5.41) is 8.80. The molecule has 1 aromatic rings. The highest BCUT2D eigenvalue weighted by molar-refractivity contribution is 6.31. The molecular weight excluding hydrogens is 193 g/mol. The molecule has 68 valence electrons. The van der Waals surface area contributed by atoms with E-state index in [4.69, 9.17) is 22.7 Å². The Kier molecular flexibility index (Phi) is 3.20. The van der Waals surface area contributed by atoms with Crippen molar-refractivity contribution < 1.29 is 4.39 Å². The molecule has 3 nitrogen and oxygen atoms in total. The van der Waals surface area contributed by atoms with E-state index in [-0.39, 0.29) is 10.6 Å². The van der Waals surface area contributed by atoms with Crippen molar-refractivity contribution in [3.63, 3.8) is 0 Å². The standard InChI is InChI=1S/C8H7ClFN3/c9-5-2-1-3-6(10)8(5)7(4-11)13-12/h1-3,7,13H,12H2. The van der Waals surface area contributed by atoms with Crippen LogP contribution in [0.15, 0.2) is 18.2 Å². The van der Waals surface area contributed by atoms with E-state index in [0.29, 0.717) is 0 Å². The fraction of sp³-hybridized carbons (Fsp3) is 0.125. The second-order valence-electron chi connectivity index (χ2n) is 2.36. The zero-order valence-electron chi connectivity index (χ0n) is 6.59. The van der Waals surface area contributed by atoms with Gasteiger partial charge in [0.25, 0.3) is 0 Å². The summed E-state index contributed by atoms with van der Waals surface area (Å²) in [5.41, 5.74) is 2.24. The number of nitriles is 1. The van der Waals surface area contributed by atoms with Crippen LogP contribution in [0.1, 0.15) is 11.6 Å². The highest BCUT2D eigenvalue weighted by Crippen LogP contribution is 2.24. The van der Waals surface area contributed by atoms with E-state index in [9.17, 15) is 4.39 Å². The van der Waals surface area contributed by atoms with Crippen LogP contribution in [0.5, 0.6) is 0 Å². The maximum absolute atomic E-state index is 13.1. The molecular formula is C8H7ClFN3. The second-order valence-corrected chi connectivity index (χ2v) is 2.77. The van der Waals surface area contributed by atoms with Crippen LogP contribution in [0.4, 0.5) is 4.39 Å². The molecule has 5 heteroatoms. The minimum atomic E-state index is -0.923. The summed E-state index contributed by atoms with van der Waals surface area (Å²) in [6.45, 7) is 0. The van der Waals surface area contributed by atoms with E-state index in [0.717, 1.165) is 0 Å². The molecule has 0 amide bonds. The SMILES string of the molecule is N#CC(NN)c1c(F)cccc1Cl. The molecule has 0 radical (unpaired) electrons. The average Bonchev–Trinajstić information content (AvgIpc) is 2.11. The summed E-state index contributed by atoms with van der Waals surface area (Å²) >= 11 is 5.70. The van der Waals surface area contributed by atoms with Gasteiger partial charge < -0.3 is 0 Å². The minimum absolute atomic E-state index is 0.0779. The largest absolute Gasteiger partial charge is 0.270 e. The van der Waals surface area contributed by atoms with Crippen molar-refractivity contribution in [2.75, 3.05) is 0 Å². The lowest BCUT2D eigenvalue weighted by Gasteiger charge is -2.10. The van der Waals surface area contributed by atoms with E-state index >= 15 is 0 Å². The quantitative estimate of drug-likeness (QED) is 0.561. The van der Waals surface area contributed by atoms with Crippen LogP contribution in [0, 0.1) is 17.1 Å². The van der Waals surface area contributed by atoms with Gasteiger partial charge >= 0.3 is 0 Å². The Bertz CT molecular complexity index is 327. The fourth-order valence-corrected chi connectivity index (χ4v) is 1.24. The molecule has 1 unspecified atom stereocenters. The van der Waals surface area contributed by atoms with Crippen LogP contribution in [-0.4, -0.2) is 0 Å². The van der Waals surface area contributed by atoms with E-state index in [1.165, 1.54) is 18.2 Å². The first-order valence-corrected chi connectivity index (χ1v) is 3.88. The second kappa shape index (κ2) is 4.19. The summed E-state index contributed by atoms with van der Waals surface area (Å²) in [6.07, 6.45) is 0. The van der Waals surface area contributed by atoms with Gasteiger partial charge in [0.15, 0.2) is 0 Å². The summed E-state index contributed by atoms with van der Waals surface area (Å²) in [5.74, 6) is 4.51. The topological polar surface area (TPSA) is 61.8 Å². The van der Waals surface area contributed by atoms with Gasteiger partial charge in [-0.2, -0.15) is 5.26 Å². The van der Waals surface area contributed by atoms with Gasteiger partial charge in [-0.3, -0.25) is 5.84 Å². The monoisotopic (exact) mass is 199 g/mol. The Labute approximate surface area is 79.9 Å². The van der Waals surface area contributed by atoms with E-state index in [1.807, 2.05) is 0 Å². The van der Waals surface area contributed by atoms with Gasteiger partial charge in [0.2, 0.25) is 0 Å². The molecule has 0 aliphatic carbocycles. The van der Waals surface area contributed by atoms with Gasteiger partial charge in [-0.1, -0.05) is 17.7 Å². The van der Waals surface area contributed by atoms with Crippen molar-refractivity contribution in [3.8, 4) is 6.07 Å². The van der Waals surface area contributed by atoms with Crippen LogP contribution in [0.3, 0.4) is 0 Å². The predicted octanol–water partition coefficient (Wildman–Crippen LogP) is 1.51. The van der Waals surface area contributed by atoms with Gasteiger partial charge in [0.05, 0.1) is 6.07 Å². The van der Waals surface area contributed by atoms with Gasteiger partial charge in [0.1, 0.15) is 11.9 Å². The number of hydrogen-bond acceptors (Lipinski definition) is 3. The zero-order valence-corrected chi connectivity index (χ0v) is 7.35. The third-order valence-corrected chi connectivity index (χ3v) is 1.91. The maximum Gasteiger partial charge on any atom is 0.137 e. The molecule has 0 saturated carbocycles. The van der Waals surface area contributed by atoms with Crippen LogP contribution < -0.4 is 11.3 Å². The smallest absolute Gasteiger partial charge is 0.137 e. The van der Waals surface area contributed by atoms with E-state index in [2.05, 4.69) is 5.43 Å². The molecule has 0 saturated heterocycles. The Hall–Kier alpha value is -1.15. The van der Waals surface area contributed by atoms with Crippen molar-refractivity contribution in [3.05, 3.63) is 34.6 Å². The van der Waals surface area contributed by atoms with Crippen LogP contribution in [0.25, 0.3) is 0 Å². The summed E-state index contributed by atoms with van der Waals surface area (Å²) in [6, 6.07) is 5.06. The summed E-state index contributed by atoms with van der Waals surface area (Å²) < 4.78 is 13.1. The van der Waals surface area contributed by atoms with E-state index in [1.54, 1.807) is 6.07 Å².